The highest BCUT2D eigenvalue weighted by molar-refractivity contribution is 5.82. The fourth-order valence-corrected chi connectivity index (χ4v) is 2.31. The first-order valence-corrected chi connectivity index (χ1v) is 6.32. The Morgan fingerprint density at radius 3 is 2.40 bits per heavy atom. The number of halogens is 1. The molecule has 20 heavy (non-hydrogen) atoms. The molecule has 3 N–H and O–H groups in total. The molecule has 0 aliphatic carbocycles. The van der Waals surface area contributed by atoms with Gasteiger partial charge >= 0.3 is 5.97 Å². The maximum Gasteiger partial charge on any atom is 0.315 e. The van der Waals surface area contributed by atoms with E-state index in [1.54, 1.807) is 6.07 Å². The van der Waals surface area contributed by atoms with Gasteiger partial charge in [-0.25, -0.2) is 4.39 Å². The second-order valence-electron chi connectivity index (χ2n) is 4.76. The summed E-state index contributed by atoms with van der Waals surface area (Å²) in [5.41, 5.74) is 5.66. The van der Waals surface area contributed by atoms with Crippen molar-refractivity contribution in [2.75, 3.05) is 6.54 Å². The van der Waals surface area contributed by atoms with E-state index in [-0.39, 0.29) is 13.0 Å². The summed E-state index contributed by atoms with van der Waals surface area (Å²) >= 11 is 0. The number of nitrogens with two attached hydrogens (primary N) is 1. The minimum absolute atomic E-state index is 0.0965. The molecule has 0 spiro atoms. The van der Waals surface area contributed by atoms with Crippen molar-refractivity contribution in [3.05, 3.63) is 71.5 Å². The van der Waals surface area contributed by atoms with Crippen LogP contribution in [0.25, 0.3) is 0 Å². The molecule has 2 aromatic carbocycles. The summed E-state index contributed by atoms with van der Waals surface area (Å²) in [4.78, 5) is 11.8. The van der Waals surface area contributed by atoms with E-state index in [1.807, 2.05) is 30.3 Å². The summed E-state index contributed by atoms with van der Waals surface area (Å²) < 4.78 is 13.4. The minimum Gasteiger partial charge on any atom is -0.481 e. The lowest BCUT2D eigenvalue weighted by Gasteiger charge is -2.28. The molecular weight excluding hydrogens is 257 g/mol. The van der Waals surface area contributed by atoms with Crippen molar-refractivity contribution in [2.24, 2.45) is 5.73 Å². The normalized spacial score (nSPS) is 13.7. The summed E-state index contributed by atoms with van der Waals surface area (Å²) in [6, 6.07) is 14.8. The Hall–Kier alpha value is -2.20. The first-order chi connectivity index (χ1) is 9.58. The van der Waals surface area contributed by atoms with Crippen LogP contribution < -0.4 is 5.73 Å². The Bertz CT molecular complexity index is 600. The van der Waals surface area contributed by atoms with E-state index in [4.69, 9.17) is 5.73 Å². The zero-order valence-corrected chi connectivity index (χ0v) is 10.9. The topological polar surface area (TPSA) is 63.3 Å². The van der Waals surface area contributed by atoms with Gasteiger partial charge in [0.2, 0.25) is 0 Å². The highest BCUT2D eigenvalue weighted by Gasteiger charge is 2.39. The van der Waals surface area contributed by atoms with Crippen molar-refractivity contribution >= 4 is 5.97 Å². The van der Waals surface area contributed by atoms with E-state index < -0.39 is 17.2 Å². The van der Waals surface area contributed by atoms with Crippen molar-refractivity contribution < 1.29 is 14.3 Å². The molecule has 0 aliphatic rings. The second kappa shape index (κ2) is 5.84. The van der Waals surface area contributed by atoms with E-state index >= 15 is 0 Å². The molecule has 0 bridgehead atoms. The average molecular weight is 273 g/mol. The quantitative estimate of drug-likeness (QED) is 0.879. The number of carbonyl (C=O) groups is 1. The summed E-state index contributed by atoms with van der Waals surface area (Å²) in [6.45, 7) is -0.0965. The maximum atomic E-state index is 13.4. The van der Waals surface area contributed by atoms with Gasteiger partial charge < -0.3 is 10.8 Å². The van der Waals surface area contributed by atoms with Gasteiger partial charge in [-0.3, -0.25) is 4.79 Å². The highest BCUT2D eigenvalue weighted by atomic mass is 19.1. The van der Waals surface area contributed by atoms with Gasteiger partial charge in [-0.2, -0.15) is 0 Å². The molecule has 0 saturated heterocycles. The van der Waals surface area contributed by atoms with E-state index in [1.165, 1.54) is 18.2 Å². The van der Waals surface area contributed by atoms with E-state index in [0.29, 0.717) is 5.56 Å². The van der Waals surface area contributed by atoms with Crippen molar-refractivity contribution in [1.82, 2.24) is 0 Å². The third-order valence-corrected chi connectivity index (χ3v) is 3.48. The molecule has 1 atom stereocenters. The summed E-state index contributed by atoms with van der Waals surface area (Å²) in [5.74, 6) is -1.51. The molecule has 104 valence electrons. The van der Waals surface area contributed by atoms with Gasteiger partial charge in [-0.05, 0) is 29.7 Å². The number of carboxylic acid groups (broad SMARTS) is 1. The predicted molar refractivity (Wildman–Crippen MR) is 74.9 cm³/mol. The molecular formula is C16H16FNO2. The molecule has 2 rings (SSSR count). The van der Waals surface area contributed by atoms with Crippen LogP contribution in [-0.2, 0) is 16.6 Å². The van der Waals surface area contributed by atoms with Crippen LogP contribution in [0.4, 0.5) is 4.39 Å². The zero-order valence-electron chi connectivity index (χ0n) is 10.9. The Morgan fingerprint density at radius 2 is 1.85 bits per heavy atom. The van der Waals surface area contributed by atoms with Crippen LogP contribution in [0.2, 0.25) is 0 Å². The van der Waals surface area contributed by atoms with Gasteiger partial charge in [0.25, 0.3) is 0 Å². The second-order valence-corrected chi connectivity index (χ2v) is 4.76. The van der Waals surface area contributed by atoms with E-state index in [0.717, 1.165) is 5.56 Å². The van der Waals surface area contributed by atoms with Crippen LogP contribution in [-0.4, -0.2) is 17.6 Å². The van der Waals surface area contributed by atoms with Gasteiger partial charge in [0, 0.05) is 6.54 Å². The molecule has 0 amide bonds. The maximum absolute atomic E-state index is 13.4. The standard InChI is InChI=1S/C16H16FNO2/c17-14-8-4-7-13(9-14)16(11-18,15(19)20)10-12-5-2-1-3-6-12/h1-9H,10-11,18H2,(H,19,20). The Balaban J connectivity index is 2.48. The molecule has 0 radical (unpaired) electrons. The lowest BCUT2D eigenvalue weighted by Crippen LogP contribution is -2.45. The van der Waals surface area contributed by atoms with Crippen molar-refractivity contribution in [3.63, 3.8) is 0 Å². The summed E-state index contributed by atoms with van der Waals surface area (Å²) in [7, 11) is 0. The molecule has 0 aliphatic heterocycles. The highest BCUT2D eigenvalue weighted by Crippen LogP contribution is 2.29. The molecule has 0 saturated carbocycles. The van der Waals surface area contributed by atoms with Crippen molar-refractivity contribution in [1.29, 1.82) is 0 Å². The lowest BCUT2D eigenvalue weighted by molar-refractivity contribution is -0.143. The fourth-order valence-electron chi connectivity index (χ4n) is 2.31. The Labute approximate surface area is 116 Å². The molecule has 0 aromatic heterocycles. The zero-order chi connectivity index (χ0) is 14.6. The SMILES string of the molecule is NCC(Cc1ccccc1)(C(=O)O)c1cccc(F)c1. The Kier molecular flexibility index (Phi) is 4.15. The number of hydrogen-bond donors (Lipinski definition) is 2. The fraction of sp³-hybridized carbons (Fsp3) is 0.188. The monoisotopic (exact) mass is 273 g/mol. The Morgan fingerprint density at radius 1 is 1.15 bits per heavy atom. The van der Waals surface area contributed by atoms with Gasteiger partial charge in [-0.1, -0.05) is 42.5 Å². The first-order valence-electron chi connectivity index (χ1n) is 6.32. The van der Waals surface area contributed by atoms with Gasteiger partial charge in [0.1, 0.15) is 11.2 Å². The number of rotatable bonds is 5. The van der Waals surface area contributed by atoms with Gasteiger partial charge in [-0.15, -0.1) is 0 Å². The summed E-state index contributed by atoms with van der Waals surface area (Å²) in [5, 5.41) is 9.63. The average Bonchev–Trinajstić information content (AvgIpc) is 2.45. The van der Waals surface area contributed by atoms with Crippen LogP contribution >= 0.6 is 0 Å². The van der Waals surface area contributed by atoms with E-state index in [2.05, 4.69) is 0 Å². The molecule has 2 aromatic rings. The molecule has 0 heterocycles. The third-order valence-electron chi connectivity index (χ3n) is 3.48. The molecule has 4 heteroatoms. The van der Waals surface area contributed by atoms with E-state index in [9.17, 15) is 14.3 Å². The number of carboxylic acids is 1. The smallest absolute Gasteiger partial charge is 0.315 e. The van der Waals surface area contributed by atoms with Gasteiger partial charge in [0.05, 0.1) is 0 Å². The molecule has 0 fully saturated rings. The number of benzene rings is 2. The van der Waals surface area contributed by atoms with Crippen LogP contribution in [0, 0.1) is 5.82 Å². The number of aliphatic carboxylic acids is 1. The van der Waals surface area contributed by atoms with Crippen molar-refractivity contribution in [3.8, 4) is 0 Å². The minimum atomic E-state index is -1.32. The lowest BCUT2D eigenvalue weighted by atomic mass is 9.75. The van der Waals surface area contributed by atoms with Crippen molar-refractivity contribution in [2.45, 2.75) is 11.8 Å². The van der Waals surface area contributed by atoms with Crippen LogP contribution in [0.1, 0.15) is 11.1 Å². The third kappa shape index (κ3) is 2.70. The largest absolute Gasteiger partial charge is 0.481 e. The summed E-state index contributed by atoms with van der Waals surface area (Å²) in [6.07, 6.45) is 0.225. The predicted octanol–water partition coefficient (Wildman–Crippen LogP) is 2.35. The van der Waals surface area contributed by atoms with Gasteiger partial charge in [0.15, 0.2) is 0 Å². The molecule has 3 nitrogen and oxygen atoms in total. The molecule has 1 unspecified atom stereocenters. The number of hydrogen-bond acceptors (Lipinski definition) is 2. The van der Waals surface area contributed by atoms with Crippen LogP contribution in [0.5, 0.6) is 0 Å². The first kappa shape index (κ1) is 14.2. The van der Waals surface area contributed by atoms with Crippen LogP contribution in [0.15, 0.2) is 54.6 Å². The van der Waals surface area contributed by atoms with Crippen LogP contribution in [0.3, 0.4) is 0 Å².